The van der Waals surface area contributed by atoms with Crippen molar-refractivity contribution in [3.8, 4) is 11.8 Å². The zero-order valence-corrected chi connectivity index (χ0v) is 16.4. The number of hydrogen-bond acceptors (Lipinski definition) is 5. The van der Waals surface area contributed by atoms with Gasteiger partial charge in [0, 0.05) is 29.9 Å². The Morgan fingerprint density at radius 2 is 1.25 bits per heavy atom. The second-order valence-electron chi connectivity index (χ2n) is 6.56. The molecule has 1 heterocycles. The van der Waals surface area contributed by atoms with E-state index in [9.17, 15) is 0 Å². The van der Waals surface area contributed by atoms with Crippen molar-refractivity contribution in [1.82, 2.24) is 0 Å². The summed E-state index contributed by atoms with van der Waals surface area (Å²) in [7, 11) is 0. The fourth-order valence-corrected chi connectivity index (χ4v) is 2.93. The third-order valence-electron chi connectivity index (χ3n) is 4.50. The lowest BCUT2D eigenvalue weighted by Gasteiger charge is -2.25. The van der Waals surface area contributed by atoms with Gasteiger partial charge in [0.05, 0.1) is 52.9 Å². The normalized spacial score (nSPS) is 19.9. The van der Waals surface area contributed by atoms with Gasteiger partial charge in [-0.05, 0) is 30.7 Å². The molecule has 0 bridgehead atoms. The van der Waals surface area contributed by atoms with Crippen LogP contribution in [0.4, 0.5) is 5.69 Å². The van der Waals surface area contributed by atoms with Crippen molar-refractivity contribution < 1.29 is 18.9 Å². The quantitative estimate of drug-likeness (QED) is 0.698. The Morgan fingerprint density at radius 1 is 0.679 bits per heavy atom. The molecule has 5 heteroatoms. The van der Waals surface area contributed by atoms with E-state index >= 15 is 0 Å². The molecule has 1 saturated heterocycles. The topological polar surface area (TPSA) is 40.2 Å². The molecule has 1 aliphatic heterocycles. The fourth-order valence-electron chi connectivity index (χ4n) is 2.93. The minimum Gasteiger partial charge on any atom is -0.377 e. The van der Waals surface area contributed by atoms with Crippen LogP contribution in [0.3, 0.4) is 0 Å². The number of allylic oxidation sites excluding steroid dienone is 4. The average molecular weight is 383 g/mol. The van der Waals surface area contributed by atoms with Crippen LogP contribution in [0.15, 0.2) is 48.1 Å². The van der Waals surface area contributed by atoms with Crippen LogP contribution >= 0.6 is 0 Å². The molecule has 1 aromatic carbocycles. The van der Waals surface area contributed by atoms with Gasteiger partial charge in [0.25, 0.3) is 0 Å². The Bertz CT molecular complexity index is 684. The Morgan fingerprint density at radius 3 is 1.79 bits per heavy atom. The molecule has 2 aliphatic rings. The number of nitrogens with zero attached hydrogens (tertiary/aromatic N) is 1. The highest BCUT2D eigenvalue weighted by atomic mass is 16.6. The van der Waals surface area contributed by atoms with Gasteiger partial charge in [-0.25, -0.2) is 0 Å². The van der Waals surface area contributed by atoms with Crippen LogP contribution in [0, 0.1) is 11.8 Å². The maximum absolute atomic E-state index is 5.70. The monoisotopic (exact) mass is 383 g/mol. The van der Waals surface area contributed by atoms with E-state index < -0.39 is 0 Å². The van der Waals surface area contributed by atoms with E-state index in [1.54, 1.807) is 0 Å². The second-order valence-corrected chi connectivity index (χ2v) is 6.56. The van der Waals surface area contributed by atoms with E-state index in [2.05, 4.69) is 59.2 Å². The van der Waals surface area contributed by atoms with Gasteiger partial charge in [-0.15, -0.1) is 0 Å². The van der Waals surface area contributed by atoms with Crippen molar-refractivity contribution in [1.29, 1.82) is 0 Å². The molecule has 1 aromatic rings. The summed E-state index contributed by atoms with van der Waals surface area (Å²) in [6, 6.07) is 8.38. The molecule has 3 rings (SSSR count). The first-order chi connectivity index (χ1) is 13.9. The Labute approximate surface area is 167 Å². The first-order valence-corrected chi connectivity index (χ1v) is 9.95. The minimum absolute atomic E-state index is 0.596. The maximum Gasteiger partial charge on any atom is 0.0701 e. The second kappa shape index (κ2) is 12.4. The molecule has 0 amide bonds. The summed E-state index contributed by atoms with van der Waals surface area (Å²) in [6.07, 6.45) is 7.19. The SMILES string of the molecule is C(#Cc1ccc(N2CCOCCOCCOCCOCC2)cc1)C1=CC=CC1. The number of anilines is 1. The molecule has 1 aliphatic carbocycles. The van der Waals surface area contributed by atoms with E-state index in [4.69, 9.17) is 18.9 Å². The van der Waals surface area contributed by atoms with Crippen LogP contribution in [-0.2, 0) is 18.9 Å². The zero-order valence-electron chi connectivity index (χ0n) is 16.4. The third-order valence-corrected chi connectivity index (χ3v) is 4.50. The van der Waals surface area contributed by atoms with Gasteiger partial charge in [-0.1, -0.05) is 30.1 Å². The summed E-state index contributed by atoms with van der Waals surface area (Å²) in [4.78, 5) is 2.28. The minimum atomic E-state index is 0.596. The largest absolute Gasteiger partial charge is 0.377 e. The molecular formula is C23H29NO4. The van der Waals surface area contributed by atoms with Crippen molar-refractivity contribution in [2.45, 2.75) is 6.42 Å². The summed E-state index contributed by atoms with van der Waals surface area (Å²) in [5.41, 5.74) is 3.34. The summed E-state index contributed by atoms with van der Waals surface area (Å²) < 4.78 is 22.3. The highest BCUT2D eigenvalue weighted by Crippen LogP contribution is 2.15. The summed E-state index contributed by atoms with van der Waals surface area (Å²) in [5.74, 6) is 6.47. The number of hydrogen-bond donors (Lipinski definition) is 0. The standard InChI is InChI=1S/C23H29NO4/c1-2-4-21(3-1)5-6-22-7-9-23(10-8-22)24-11-13-25-15-17-27-19-20-28-18-16-26-14-12-24/h1-3,7-10H,4,11-20H2. The Balaban J connectivity index is 1.55. The van der Waals surface area contributed by atoms with Crippen molar-refractivity contribution >= 4 is 5.69 Å². The zero-order chi connectivity index (χ0) is 19.3. The molecule has 0 aromatic heterocycles. The van der Waals surface area contributed by atoms with Crippen molar-refractivity contribution in [3.63, 3.8) is 0 Å². The Kier molecular flexibility index (Phi) is 9.12. The lowest BCUT2D eigenvalue weighted by Crippen LogP contribution is -2.31. The first kappa shape index (κ1) is 20.6. The summed E-state index contributed by atoms with van der Waals surface area (Å²) in [5, 5.41) is 0. The highest BCUT2D eigenvalue weighted by molar-refractivity contribution is 5.52. The summed E-state index contributed by atoms with van der Waals surface area (Å²) in [6.45, 7) is 6.51. The van der Waals surface area contributed by atoms with Gasteiger partial charge >= 0.3 is 0 Å². The van der Waals surface area contributed by atoms with E-state index in [1.165, 1.54) is 0 Å². The van der Waals surface area contributed by atoms with Gasteiger partial charge in [-0.3, -0.25) is 0 Å². The molecule has 5 nitrogen and oxygen atoms in total. The van der Waals surface area contributed by atoms with Crippen LogP contribution < -0.4 is 4.90 Å². The van der Waals surface area contributed by atoms with Gasteiger partial charge < -0.3 is 23.8 Å². The molecular weight excluding hydrogens is 354 g/mol. The highest BCUT2D eigenvalue weighted by Gasteiger charge is 2.07. The molecule has 0 spiro atoms. The van der Waals surface area contributed by atoms with Crippen molar-refractivity contribution in [3.05, 3.63) is 53.6 Å². The van der Waals surface area contributed by atoms with Crippen LogP contribution in [0.5, 0.6) is 0 Å². The maximum atomic E-state index is 5.70. The van der Waals surface area contributed by atoms with Gasteiger partial charge in [0.15, 0.2) is 0 Å². The van der Waals surface area contributed by atoms with Crippen molar-refractivity contribution in [2.24, 2.45) is 0 Å². The van der Waals surface area contributed by atoms with Crippen LogP contribution in [-0.4, -0.2) is 65.9 Å². The predicted molar refractivity (Wildman–Crippen MR) is 111 cm³/mol. The smallest absolute Gasteiger partial charge is 0.0701 e. The average Bonchev–Trinajstić information content (AvgIpc) is 3.24. The summed E-state index contributed by atoms with van der Waals surface area (Å²) >= 11 is 0. The molecule has 0 saturated carbocycles. The Hall–Kier alpha value is -2.10. The molecule has 0 atom stereocenters. The lowest BCUT2D eigenvalue weighted by molar-refractivity contribution is 0.00206. The number of benzene rings is 1. The van der Waals surface area contributed by atoms with Crippen molar-refractivity contribution in [2.75, 3.05) is 70.8 Å². The van der Waals surface area contributed by atoms with Crippen LogP contribution in [0.2, 0.25) is 0 Å². The molecule has 28 heavy (non-hydrogen) atoms. The van der Waals surface area contributed by atoms with E-state index in [1.807, 2.05) is 0 Å². The number of rotatable bonds is 1. The fraction of sp³-hybridized carbons (Fsp3) is 0.478. The third kappa shape index (κ3) is 7.49. The molecule has 0 radical (unpaired) electrons. The molecule has 150 valence electrons. The van der Waals surface area contributed by atoms with Gasteiger partial charge in [-0.2, -0.15) is 0 Å². The molecule has 0 N–H and O–H groups in total. The predicted octanol–water partition coefficient (Wildman–Crippen LogP) is 2.81. The van der Waals surface area contributed by atoms with Gasteiger partial charge in [0.2, 0.25) is 0 Å². The van der Waals surface area contributed by atoms with E-state index in [-0.39, 0.29) is 0 Å². The van der Waals surface area contributed by atoms with E-state index in [0.29, 0.717) is 52.9 Å². The molecule has 0 unspecified atom stereocenters. The first-order valence-electron chi connectivity index (χ1n) is 9.95. The van der Waals surface area contributed by atoms with Crippen LogP contribution in [0.25, 0.3) is 0 Å². The number of ether oxygens (including phenoxy) is 4. The molecule has 1 fully saturated rings. The lowest BCUT2D eigenvalue weighted by atomic mass is 10.1. The van der Waals surface area contributed by atoms with Gasteiger partial charge in [0.1, 0.15) is 0 Å². The van der Waals surface area contributed by atoms with Crippen LogP contribution in [0.1, 0.15) is 12.0 Å². The van der Waals surface area contributed by atoms with E-state index in [0.717, 1.165) is 36.3 Å².